The van der Waals surface area contributed by atoms with E-state index in [1.54, 1.807) is 20.0 Å². The quantitative estimate of drug-likeness (QED) is 0.429. The monoisotopic (exact) mass is 404 g/mol. The van der Waals surface area contributed by atoms with Crippen LogP contribution in [0.2, 0.25) is 0 Å². The molecule has 0 saturated carbocycles. The van der Waals surface area contributed by atoms with Crippen molar-refractivity contribution in [2.75, 3.05) is 13.2 Å². The molecular weight excluding hydrogens is 376 g/mol. The number of aromatic amines is 1. The van der Waals surface area contributed by atoms with Gasteiger partial charge >= 0.3 is 17.9 Å². The number of rotatable bonds is 7. The Labute approximate surface area is 170 Å². The zero-order valence-corrected chi connectivity index (χ0v) is 17.3. The first-order valence-corrected chi connectivity index (χ1v) is 9.08. The van der Waals surface area contributed by atoms with Crippen LogP contribution in [0.4, 0.5) is 0 Å². The summed E-state index contributed by atoms with van der Waals surface area (Å²) in [5, 5.41) is 7.86. The Morgan fingerprint density at radius 1 is 1.00 bits per heavy atom. The van der Waals surface area contributed by atoms with Crippen molar-refractivity contribution in [2.24, 2.45) is 0 Å². The van der Waals surface area contributed by atoms with Gasteiger partial charge in [-0.05, 0) is 32.4 Å². The van der Waals surface area contributed by atoms with Crippen molar-refractivity contribution in [1.82, 2.24) is 10.2 Å². The van der Waals surface area contributed by atoms with E-state index < -0.39 is 0 Å². The standard InChI is InChI=1S/C11H12N2O2.C8H14O4.C2H2/c1-7-3-4-11-9(5-12-13-11)10(7)6-15-8(2)14;1-3-11-7(9)5-6-8(10)12-4-2;1-2/h3-5H,6H2,1-2H3,(H,12,13);3-6H2,1-2H3;1-2H. The number of benzene rings is 1. The van der Waals surface area contributed by atoms with Crippen LogP contribution in [0, 0.1) is 19.8 Å². The summed E-state index contributed by atoms with van der Waals surface area (Å²) in [5.41, 5.74) is 3.07. The van der Waals surface area contributed by atoms with E-state index in [1.165, 1.54) is 6.92 Å². The maximum atomic E-state index is 10.8. The SMILES string of the molecule is C#C.CC(=O)OCc1c(C)ccc2[nH]ncc12.CCOC(=O)CCC(=O)OCC. The normalized spacial score (nSPS) is 9.31. The smallest absolute Gasteiger partial charge is 0.306 e. The van der Waals surface area contributed by atoms with E-state index in [0.717, 1.165) is 22.0 Å². The van der Waals surface area contributed by atoms with E-state index in [1.807, 2.05) is 19.1 Å². The van der Waals surface area contributed by atoms with E-state index in [0.29, 0.717) is 19.8 Å². The lowest BCUT2D eigenvalue weighted by Gasteiger charge is -2.06. The Bertz CT molecular complexity index is 792. The molecule has 158 valence electrons. The molecule has 0 saturated heterocycles. The molecule has 0 radical (unpaired) electrons. The molecule has 1 N–H and O–H groups in total. The number of carbonyl (C=O) groups is 3. The molecule has 0 aliphatic rings. The second-order valence-corrected chi connectivity index (χ2v) is 5.58. The topological polar surface area (TPSA) is 108 Å². The highest BCUT2D eigenvalue weighted by molar-refractivity contribution is 5.83. The molecule has 2 aromatic rings. The van der Waals surface area contributed by atoms with Crippen molar-refractivity contribution in [3.63, 3.8) is 0 Å². The third-order valence-electron chi connectivity index (χ3n) is 3.53. The van der Waals surface area contributed by atoms with Gasteiger partial charge in [-0.15, -0.1) is 12.8 Å². The number of ether oxygens (including phenoxy) is 3. The summed E-state index contributed by atoms with van der Waals surface area (Å²) in [5.74, 6) is -0.981. The van der Waals surface area contributed by atoms with Crippen LogP contribution in [0.25, 0.3) is 10.9 Å². The summed E-state index contributed by atoms with van der Waals surface area (Å²) in [6, 6.07) is 3.95. The molecule has 0 amide bonds. The van der Waals surface area contributed by atoms with Gasteiger partial charge in [-0.1, -0.05) is 6.07 Å². The first-order chi connectivity index (χ1) is 13.9. The van der Waals surface area contributed by atoms with Gasteiger partial charge in [-0.25, -0.2) is 0 Å². The summed E-state index contributed by atoms with van der Waals surface area (Å²) >= 11 is 0. The number of terminal acetylenes is 1. The average Bonchev–Trinajstić information content (AvgIpc) is 3.17. The third-order valence-corrected chi connectivity index (χ3v) is 3.53. The minimum atomic E-state index is -0.356. The molecule has 8 nitrogen and oxygen atoms in total. The van der Waals surface area contributed by atoms with E-state index in [9.17, 15) is 14.4 Å². The number of nitrogens with one attached hydrogen (secondary N) is 1. The number of aryl methyl sites for hydroxylation is 1. The largest absolute Gasteiger partial charge is 0.466 e. The lowest BCUT2D eigenvalue weighted by atomic mass is 10.1. The van der Waals surface area contributed by atoms with Crippen LogP contribution in [-0.4, -0.2) is 41.3 Å². The molecule has 0 unspecified atom stereocenters. The van der Waals surface area contributed by atoms with Gasteiger partial charge in [0, 0.05) is 17.9 Å². The Morgan fingerprint density at radius 3 is 2.03 bits per heavy atom. The number of aromatic nitrogens is 2. The molecule has 0 atom stereocenters. The number of carbonyl (C=O) groups excluding carboxylic acids is 3. The highest BCUT2D eigenvalue weighted by Crippen LogP contribution is 2.20. The highest BCUT2D eigenvalue weighted by atomic mass is 16.5. The van der Waals surface area contributed by atoms with Crippen LogP contribution in [0.3, 0.4) is 0 Å². The summed E-state index contributed by atoms with van der Waals surface area (Å²) in [6.07, 6.45) is 9.96. The molecule has 1 aromatic heterocycles. The third kappa shape index (κ3) is 9.96. The van der Waals surface area contributed by atoms with Gasteiger partial charge in [0.15, 0.2) is 0 Å². The number of hydrogen-bond acceptors (Lipinski definition) is 7. The molecular formula is C21H28N2O6. The maximum absolute atomic E-state index is 10.8. The molecule has 2 rings (SSSR count). The molecule has 0 spiro atoms. The summed E-state index contributed by atoms with van der Waals surface area (Å²) in [4.78, 5) is 32.2. The fraction of sp³-hybridized carbons (Fsp3) is 0.429. The molecule has 29 heavy (non-hydrogen) atoms. The molecule has 0 fully saturated rings. The first kappa shape index (κ1) is 25.7. The molecule has 8 heteroatoms. The van der Waals surface area contributed by atoms with Gasteiger partial charge in [0.25, 0.3) is 0 Å². The van der Waals surface area contributed by atoms with Gasteiger partial charge in [0.1, 0.15) is 6.61 Å². The van der Waals surface area contributed by atoms with Gasteiger partial charge in [0.05, 0.1) is 37.8 Å². The first-order valence-electron chi connectivity index (χ1n) is 9.08. The van der Waals surface area contributed by atoms with Crippen LogP contribution in [0.15, 0.2) is 18.3 Å². The molecule has 1 heterocycles. The highest BCUT2D eigenvalue weighted by Gasteiger charge is 2.08. The second kappa shape index (κ2) is 14.7. The van der Waals surface area contributed by atoms with E-state index >= 15 is 0 Å². The minimum Gasteiger partial charge on any atom is -0.466 e. The van der Waals surface area contributed by atoms with E-state index in [4.69, 9.17) is 4.74 Å². The number of nitrogens with zero attached hydrogens (tertiary/aromatic N) is 1. The van der Waals surface area contributed by atoms with Gasteiger partial charge in [0.2, 0.25) is 0 Å². The van der Waals surface area contributed by atoms with Crippen LogP contribution < -0.4 is 0 Å². The molecule has 0 aliphatic carbocycles. The molecule has 0 aliphatic heterocycles. The summed E-state index contributed by atoms with van der Waals surface area (Å²) < 4.78 is 14.3. The molecule has 1 aromatic carbocycles. The van der Waals surface area contributed by atoms with Crippen molar-refractivity contribution < 1.29 is 28.6 Å². The number of esters is 3. The number of fused-ring (bicyclic) bond motifs is 1. The summed E-state index contributed by atoms with van der Waals surface area (Å²) in [7, 11) is 0. The fourth-order valence-electron chi connectivity index (χ4n) is 2.22. The average molecular weight is 404 g/mol. The predicted molar refractivity (Wildman–Crippen MR) is 109 cm³/mol. The van der Waals surface area contributed by atoms with Crippen molar-refractivity contribution in [1.29, 1.82) is 0 Å². The predicted octanol–water partition coefficient (Wildman–Crippen LogP) is 3.08. The van der Waals surface area contributed by atoms with Gasteiger partial charge in [-0.2, -0.15) is 5.10 Å². The summed E-state index contributed by atoms with van der Waals surface area (Å²) in [6.45, 7) is 7.85. The van der Waals surface area contributed by atoms with Gasteiger partial charge in [-0.3, -0.25) is 19.5 Å². The van der Waals surface area contributed by atoms with E-state index in [-0.39, 0.29) is 30.7 Å². The Kier molecular flexibility index (Phi) is 13.0. The minimum absolute atomic E-state index is 0.104. The maximum Gasteiger partial charge on any atom is 0.306 e. The van der Waals surface area contributed by atoms with E-state index in [2.05, 4.69) is 32.5 Å². The van der Waals surface area contributed by atoms with Crippen molar-refractivity contribution in [3.8, 4) is 12.8 Å². The van der Waals surface area contributed by atoms with Gasteiger partial charge < -0.3 is 14.2 Å². The fourth-order valence-corrected chi connectivity index (χ4v) is 2.22. The van der Waals surface area contributed by atoms with Crippen molar-refractivity contribution >= 4 is 28.8 Å². The van der Waals surface area contributed by atoms with Crippen LogP contribution in [-0.2, 0) is 35.2 Å². The lowest BCUT2D eigenvalue weighted by Crippen LogP contribution is -2.09. The Balaban J connectivity index is 0.000000512. The number of H-pyrrole nitrogens is 1. The van der Waals surface area contributed by atoms with Crippen molar-refractivity contribution in [3.05, 3.63) is 29.5 Å². The van der Waals surface area contributed by atoms with Crippen LogP contribution in [0.1, 0.15) is 44.7 Å². The zero-order valence-electron chi connectivity index (χ0n) is 17.3. The van der Waals surface area contributed by atoms with Crippen LogP contribution >= 0.6 is 0 Å². The Hall–Kier alpha value is -3.34. The zero-order chi connectivity index (χ0) is 22.2. The van der Waals surface area contributed by atoms with Crippen LogP contribution in [0.5, 0.6) is 0 Å². The second-order valence-electron chi connectivity index (χ2n) is 5.58. The number of hydrogen-bond donors (Lipinski definition) is 1. The lowest BCUT2D eigenvalue weighted by molar-refractivity contribution is -0.149. The van der Waals surface area contributed by atoms with Crippen molar-refractivity contribution in [2.45, 2.75) is 47.1 Å². The molecule has 0 bridgehead atoms. The Morgan fingerprint density at radius 2 is 1.55 bits per heavy atom.